The molecule has 18 heavy (non-hydrogen) atoms. The second-order valence-electron chi connectivity index (χ2n) is 4.09. The first-order valence-electron chi connectivity index (χ1n) is 5.20. The zero-order valence-corrected chi connectivity index (χ0v) is 10.6. The van der Waals surface area contributed by atoms with Crippen LogP contribution in [0.15, 0.2) is 12.1 Å². The van der Waals surface area contributed by atoms with Gasteiger partial charge in [0.2, 0.25) is 0 Å². The van der Waals surface area contributed by atoms with Crippen LogP contribution >= 0.6 is 23.2 Å². The van der Waals surface area contributed by atoms with Crippen molar-refractivity contribution in [1.82, 2.24) is 4.90 Å². The molecule has 0 spiro atoms. The van der Waals surface area contributed by atoms with E-state index in [0.717, 1.165) is 12.1 Å². The second-order valence-corrected chi connectivity index (χ2v) is 4.91. The highest BCUT2D eigenvalue weighted by Crippen LogP contribution is 2.26. The molecule has 1 aromatic carbocycles. The van der Waals surface area contributed by atoms with Crippen molar-refractivity contribution in [1.29, 1.82) is 0 Å². The standard InChI is InChI=1S/C11H10Cl2FNO3/c12-6-2-7(13)8(14)1-5(6)11(18)15-3-9(16)10(17)4-15/h1-2,9-10,16-17H,3-4H2. The highest BCUT2D eigenvalue weighted by Gasteiger charge is 2.33. The van der Waals surface area contributed by atoms with E-state index in [9.17, 15) is 19.4 Å². The summed E-state index contributed by atoms with van der Waals surface area (Å²) in [6.07, 6.45) is -1.99. The molecular formula is C11H10Cl2FNO3. The van der Waals surface area contributed by atoms with Crippen molar-refractivity contribution in [2.24, 2.45) is 0 Å². The normalized spacial score (nSPS) is 23.5. The number of nitrogens with zero attached hydrogens (tertiary/aromatic N) is 1. The lowest BCUT2D eigenvalue weighted by Crippen LogP contribution is -2.30. The summed E-state index contributed by atoms with van der Waals surface area (Å²) in [6, 6.07) is 2.10. The molecule has 0 bridgehead atoms. The highest BCUT2D eigenvalue weighted by atomic mass is 35.5. The van der Waals surface area contributed by atoms with E-state index in [1.165, 1.54) is 4.90 Å². The van der Waals surface area contributed by atoms with Crippen LogP contribution in [0.5, 0.6) is 0 Å². The van der Waals surface area contributed by atoms with Crippen molar-refractivity contribution in [3.63, 3.8) is 0 Å². The van der Waals surface area contributed by atoms with Gasteiger partial charge in [0.1, 0.15) is 5.82 Å². The number of aliphatic hydroxyl groups is 2. The number of rotatable bonds is 1. The Morgan fingerprint density at radius 2 is 1.78 bits per heavy atom. The van der Waals surface area contributed by atoms with Crippen molar-refractivity contribution in [3.05, 3.63) is 33.6 Å². The second kappa shape index (κ2) is 5.01. The van der Waals surface area contributed by atoms with Crippen LogP contribution in [-0.4, -0.2) is 46.3 Å². The minimum atomic E-state index is -0.995. The van der Waals surface area contributed by atoms with Crippen LogP contribution in [0, 0.1) is 5.82 Å². The first-order valence-corrected chi connectivity index (χ1v) is 5.95. The van der Waals surface area contributed by atoms with Gasteiger partial charge in [-0.25, -0.2) is 4.39 Å². The number of carbonyl (C=O) groups excluding carboxylic acids is 1. The number of hydrogen-bond donors (Lipinski definition) is 2. The summed E-state index contributed by atoms with van der Waals surface area (Å²) in [4.78, 5) is 13.2. The van der Waals surface area contributed by atoms with Gasteiger partial charge in [0.25, 0.3) is 5.91 Å². The molecule has 1 saturated heterocycles. The molecule has 2 N–H and O–H groups in total. The fraction of sp³-hybridized carbons (Fsp3) is 0.364. The fourth-order valence-corrected chi connectivity index (χ4v) is 2.26. The molecule has 4 nitrogen and oxygen atoms in total. The third kappa shape index (κ3) is 2.44. The van der Waals surface area contributed by atoms with Crippen molar-refractivity contribution in [2.45, 2.75) is 12.2 Å². The van der Waals surface area contributed by atoms with E-state index in [2.05, 4.69) is 0 Å². The zero-order valence-electron chi connectivity index (χ0n) is 9.11. The molecule has 1 aliphatic rings. The smallest absolute Gasteiger partial charge is 0.255 e. The maximum Gasteiger partial charge on any atom is 0.255 e. The van der Waals surface area contributed by atoms with Gasteiger partial charge >= 0.3 is 0 Å². The molecule has 7 heteroatoms. The number of hydrogen-bond acceptors (Lipinski definition) is 3. The van der Waals surface area contributed by atoms with Gasteiger partial charge in [-0.1, -0.05) is 23.2 Å². The van der Waals surface area contributed by atoms with Crippen LogP contribution in [0.2, 0.25) is 10.0 Å². The van der Waals surface area contributed by atoms with Crippen LogP contribution in [0.4, 0.5) is 4.39 Å². The number of aliphatic hydroxyl groups excluding tert-OH is 2. The lowest BCUT2D eigenvalue weighted by molar-refractivity contribution is 0.0572. The van der Waals surface area contributed by atoms with Gasteiger partial charge in [0.05, 0.1) is 27.8 Å². The van der Waals surface area contributed by atoms with Gasteiger partial charge in [0.15, 0.2) is 0 Å². The number of amides is 1. The minimum absolute atomic E-state index is 0.0133. The minimum Gasteiger partial charge on any atom is -0.388 e. The highest BCUT2D eigenvalue weighted by molar-refractivity contribution is 6.36. The van der Waals surface area contributed by atoms with E-state index >= 15 is 0 Å². The number of halogens is 3. The summed E-state index contributed by atoms with van der Waals surface area (Å²) >= 11 is 11.4. The van der Waals surface area contributed by atoms with Crippen LogP contribution in [-0.2, 0) is 0 Å². The summed E-state index contributed by atoms with van der Waals surface area (Å²) in [5.74, 6) is -1.30. The molecule has 1 fully saturated rings. The molecule has 2 unspecified atom stereocenters. The van der Waals surface area contributed by atoms with E-state index in [4.69, 9.17) is 23.2 Å². The molecule has 0 saturated carbocycles. The molecule has 0 aliphatic carbocycles. The Labute approximate surface area is 113 Å². The molecule has 2 atom stereocenters. The van der Waals surface area contributed by atoms with E-state index in [1.807, 2.05) is 0 Å². The first-order chi connectivity index (χ1) is 8.40. The van der Waals surface area contributed by atoms with Gasteiger partial charge in [-0.3, -0.25) is 4.79 Å². The van der Waals surface area contributed by atoms with Gasteiger partial charge < -0.3 is 15.1 Å². The number of benzene rings is 1. The Morgan fingerprint density at radius 3 is 2.33 bits per heavy atom. The average Bonchev–Trinajstić information content (AvgIpc) is 2.63. The van der Waals surface area contributed by atoms with Gasteiger partial charge in [-0.05, 0) is 12.1 Å². The third-order valence-electron chi connectivity index (χ3n) is 2.79. The van der Waals surface area contributed by atoms with E-state index in [1.54, 1.807) is 0 Å². The molecule has 0 radical (unpaired) electrons. The Bertz CT molecular complexity index is 487. The molecule has 1 heterocycles. The van der Waals surface area contributed by atoms with Crippen LogP contribution in [0.3, 0.4) is 0 Å². The average molecular weight is 294 g/mol. The molecule has 0 aromatic heterocycles. The topological polar surface area (TPSA) is 60.8 Å². The third-order valence-corrected chi connectivity index (χ3v) is 3.39. The monoisotopic (exact) mass is 293 g/mol. The molecule has 1 aliphatic heterocycles. The van der Waals surface area contributed by atoms with Crippen molar-refractivity contribution in [3.8, 4) is 0 Å². The van der Waals surface area contributed by atoms with E-state index in [-0.39, 0.29) is 28.7 Å². The van der Waals surface area contributed by atoms with Gasteiger partial charge in [0, 0.05) is 13.1 Å². The lowest BCUT2D eigenvalue weighted by Gasteiger charge is -2.16. The summed E-state index contributed by atoms with van der Waals surface area (Å²) < 4.78 is 13.3. The summed E-state index contributed by atoms with van der Waals surface area (Å²) in [7, 11) is 0. The molecule has 1 aromatic rings. The Morgan fingerprint density at radius 1 is 1.22 bits per heavy atom. The quantitative estimate of drug-likeness (QED) is 0.768. The number of carbonyl (C=O) groups is 1. The number of β-amino-alcohol motifs (C(OH)–C–C–N with tert-alkyl or cyclic N) is 2. The molecule has 2 rings (SSSR count). The Hall–Kier alpha value is -0.880. The largest absolute Gasteiger partial charge is 0.388 e. The maximum atomic E-state index is 13.3. The Kier molecular flexibility index (Phi) is 3.77. The van der Waals surface area contributed by atoms with E-state index < -0.39 is 23.9 Å². The SMILES string of the molecule is O=C(c1cc(F)c(Cl)cc1Cl)N1CC(O)C(O)C1. The predicted octanol–water partition coefficient (Wildman–Crippen LogP) is 1.31. The van der Waals surface area contributed by atoms with Crippen molar-refractivity contribution in [2.75, 3.05) is 13.1 Å². The first kappa shape index (κ1) is 13.5. The predicted molar refractivity (Wildman–Crippen MR) is 64.3 cm³/mol. The number of likely N-dealkylation sites (tertiary alicyclic amines) is 1. The van der Waals surface area contributed by atoms with Crippen LogP contribution in [0.25, 0.3) is 0 Å². The van der Waals surface area contributed by atoms with Crippen LogP contribution in [0.1, 0.15) is 10.4 Å². The summed E-state index contributed by atoms with van der Waals surface area (Å²) in [5.41, 5.74) is -0.0418. The van der Waals surface area contributed by atoms with E-state index in [0.29, 0.717) is 0 Å². The maximum absolute atomic E-state index is 13.3. The molecule has 1 amide bonds. The van der Waals surface area contributed by atoms with Gasteiger partial charge in [-0.15, -0.1) is 0 Å². The lowest BCUT2D eigenvalue weighted by atomic mass is 10.2. The van der Waals surface area contributed by atoms with Gasteiger partial charge in [-0.2, -0.15) is 0 Å². The van der Waals surface area contributed by atoms with Crippen molar-refractivity contribution < 1.29 is 19.4 Å². The summed E-state index contributed by atoms with van der Waals surface area (Å²) in [5, 5.41) is 18.6. The Balaban J connectivity index is 2.27. The van der Waals surface area contributed by atoms with Crippen LogP contribution < -0.4 is 0 Å². The summed E-state index contributed by atoms with van der Waals surface area (Å²) in [6.45, 7) is -0.0266. The van der Waals surface area contributed by atoms with Crippen molar-refractivity contribution >= 4 is 29.1 Å². The molecule has 98 valence electrons. The zero-order chi connectivity index (χ0) is 13.4. The molecular weight excluding hydrogens is 284 g/mol. The fourth-order valence-electron chi connectivity index (χ4n) is 1.79.